The van der Waals surface area contributed by atoms with Crippen molar-refractivity contribution >= 4 is 11.9 Å². The Labute approximate surface area is 281 Å². The van der Waals surface area contributed by atoms with Gasteiger partial charge in [-0.1, -0.05) is 174 Å². The van der Waals surface area contributed by atoms with Gasteiger partial charge in [0.15, 0.2) is 0 Å². The fraction of sp³-hybridized carbons (Fsp3) is 0.902. The van der Waals surface area contributed by atoms with Crippen LogP contribution in [0.3, 0.4) is 0 Å². The van der Waals surface area contributed by atoms with Gasteiger partial charge in [0, 0.05) is 12.8 Å². The van der Waals surface area contributed by atoms with Crippen LogP contribution < -0.4 is 0 Å². The van der Waals surface area contributed by atoms with Crippen molar-refractivity contribution in [2.24, 2.45) is 0 Å². The average Bonchev–Trinajstić information content (AvgIpc) is 3.02. The standard InChI is InChI=1S/C41H78O4/c1-3-5-7-9-11-13-15-16-17-18-19-21-23-25-30-34-38-41(44)45-39(36-32-28-26-29-33-37-40(42)43)35-31-27-24-22-20-14-12-10-8-6-4-2/h22,24,39H,3-21,23,25-38H2,1-2H3,(H,42,43)/b24-22-. The summed E-state index contributed by atoms with van der Waals surface area (Å²) in [6.45, 7) is 4.55. The molecule has 0 saturated carbocycles. The predicted molar refractivity (Wildman–Crippen MR) is 195 cm³/mol. The van der Waals surface area contributed by atoms with E-state index in [0.717, 1.165) is 70.6 Å². The van der Waals surface area contributed by atoms with Crippen molar-refractivity contribution in [2.45, 2.75) is 238 Å². The zero-order valence-corrected chi connectivity index (χ0v) is 30.4. The highest BCUT2D eigenvalue weighted by molar-refractivity contribution is 5.69. The Hall–Kier alpha value is -1.32. The highest BCUT2D eigenvalue weighted by Gasteiger charge is 2.14. The van der Waals surface area contributed by atoms with Gasteiger partial charge in [-0.2, -0.15) is 0 Å². The molecule has 0 amide bonds. The Kier molecular flexibility index (Phi) is 36.1. The van der Waals surface area contributed by atoms with Crippen LogP contribution in [0.4, 0.5) is 0 Å². The summed E-state index contributed by atoms with van der Waals surface area (Å²) in [5.74, 6) is -0.710. The number of carboxylic acids is 1. The molecule has 0 saturated heterocycles. The second-order valence-corrected chi connectivity index (χ2v) is 13.8. The van der Waals surface area contributed by atoms with Crippen LogP contribution >= 0.6 is 0 Å². The van der Waals surface area contributed by atoms with Crippen LogP contribution in [0.1, 0.15) is 232 Å². The lowest BCUT2D eigenvalue weighted by molar-refractivity contribution is -0.150. The van der Waals surface area contributed by atoms with Crippen LogP contribution in [0.25, 0.3) is 0 Å². The minimum atomic E-state index is -0.702. The Morgan fingerprint density at radius 3 is 1.29 bits per heavy atom. The highest BCUT2D eigenvalue weighted by Crippen LogP contribution is 2.18. The Morgan fingerprint density at radius 2 is 0.822 bits per heavy atom. The van der Waals surface area contributed by atoms with E-state index in [1.807, 2.05) is 0 Å². The van der Waals surface area contributed by atoms with Crippen molar-refractivity contribution in [1.82, 2.24) is 0 Å². The lowest BCUT2D eigenvalue weighted by atomic mass is 10.0. The van der Waals surface area contributed by atoms with E-state index >= 15 is 0 Å². The first kappa shape index (κ1) is 43.7. The number of ether oxygens (including phenoxy) is 1. The minimum Gasteiger partial charge on any atom is -0.481 e. The van der Waals surface area contributed by atoms with Gasteiger partial charge in [-0.3, -0.25) is 9.59 Å². The molecule has 1 N–H and O–H groups in total. The van der Waals surface area contributed by atoms with Gasteiger partial charge in [-0.25, -0.2) is 0 Å². The number of hydrogen-bond donors (Lipinski definition) is 1. The summed E-state index contributed by atoms with van der Waals surface area (Å²) in [4.78, 5) is 23.4. The summed E-state index contributed by atoms with van der Waals surface area (Å²) in [6, 6.07) is 0. The molecule has 0 heterocycles. The molecule has 4 nitrogen and oxygen atoms in total. The molecule has 0 aromatic rings. The number of carbonyl (C=O) groups is 2. The molecule has 0 radical (unpaired) electrons. The number of allylic oxidation sites excluding steroid dienone is 2. The zero-order valence-electron chi connectivity index (χ0n) is 30.4. The zero-order chi connectivity index (χ0) is 32.9. The molecule has 0 rings (SSSR count). The second-order valence-electron chi connectivity index (χ2n) is 13.8. The molecule has 1 atom stereocenters. The second kappa shape index (κ2) is 37.1. The van der Waals surface area contributed by atoms with E-state index in [1.165, 1.54) is 135 Å². The topological polar surface area (TPSA) is 63.6 Å². The quantitative estimate of drug-likeness (QED) is 0.0419. The number of esters is 1. The third kappa shape index (κ3) is 37.0. The van der Waals surface area contributed by atoms with Crippen molar-refractivity contribution in [1.29, 1.82) is 0 Å². The summed E-state index contributed by atoms with van der Waals surface area (Å²) in [5, 5.41) is 8.81. The molecule has 0 aromatic heterocycles. The van der Waals surface area contributed by atoms with Gasteiger partial charge in [0.1, 0.15) is 6.10 Å². The number of aliphatic carboxylic acids is 1. The molecule has 0 fully saturated rings. The first-order valence-corrected chi connectivity index (χ1v) is 20.2. The van der Waals surface area contributed by atoms with Gasteiger partial charge in [-0.05, 0) is 57.8 Å². The van der Waals surface area contributed by atoms with Gasteiger partial charge < -0.3 is 9.84 Å². The van der Waals surface area contributed by atoms with E-state index in [9.17, 15) is 9.59 Å². The lowest BCUT2D eigenvalue weighted by Gasteiger charge is -2.18. The Balaban J connectivity index is 3.99. The number of hydrogen-bond acceptors (Lipinski definition) is 3. The van der Waals surface area contributed by atoms with Crippen LogP contribution in [0.5, 0.6) is 0 Å². The molecule has 0 bridgehead atoms. The van der Waals surface area contributed by atoms with Crippen LogP contribution in [0.15, 0.2) is 12.2 Å². The molecule has 0 aliphatic carbocycles. The summed E-state index contributed by atoms with van der Waals surface area (Å²) >= 11 is 0. The summed E-state index contributed by atoms with van der Waals surface area (Å²) in [7, 11) is 0. The molecule has 266 valence electrons. The number of unbranched alkanes of at least 4 members (excludes halogenated alkanes) is 26. The molecular weight excluding hydrogens is 556 g/mol. The van der Waals surface area contributed by atoms with Gasteiger partial charge in [0.05, 0.1) is 0 Å². The van der Waals surface area contributed by atoms with Gasteiger partial charge in [0.25, 0.3) is 0 Å². The molecular formula is C41H78O4. The number of rotatable bonds is 37. The van der Waals surface area contributed by atoms with Gasteiger partial charge >= 0.3 is 11.9 Å². The number of carbonyl (C=O) groups excluding carboxylic acids is 1. The van der Waals surface area contributed by atoms with E-state index in [-0.39, 0.29) is 18.5 Å². The molecule has 0 aliphatic rings. The van der Waals surface area contributed by atoms with Crippen LogP contribution in [0.2, 0.25) is 0 Å². The fourth-order valence-electron chi connectivity index (χ4n) is 6.24. The average molecular weight is 635 g/mol. The van der Waals surface area contributed by atoms with Crippen LogP contribution in [-0.2, 0) is 14.3 Å². The normalized spacial score (nSPS) is 12.2. The first-order chi connectivity index (χ1) is 22.1. The van der Waals surface area contributed by atoms with Crippen LogP contribution in [0, 0.1) is 0 Å². The SMILES string of the molecule is CCCCCCCC/C=C\CCCC(CCCCCCCC(=O)O)OC(=O)CCCCCCCCCCCCCCCCCC. The van der Waals surface area contributed by atoms with Crippen molar-refractivity contribution in [3.05, 3.63) is 12.2 Å². The van der Waals surface area contributed by atoms with Gasteiger partial charge in [-0.15, -0.1) is 0 Å². The van der Waals surface area contributed by atoms with Gasteiger partial charge in [0.2, 0.25) is 0 Å². The molecule has 0 aromatic carbocycles. The van der Waals surface area contributed by atoms with Crippen molar-refractivity contribution in [3.8, 4) is 0 Å². The molecule has 1 unspecified atom stereocenters. The summed E-state index contributed by atoms with van der Waals surface area (Å²) < 4.78 is 5.99. The summed E-state index contributed by atoms with van der Waals surface area (Å²) in [6.07, 6.45) is 45.2. The van der Waals surface area contributed by atoms with E-state index in [1.54, 1.807) is 0 Å². The minimum absolute atomic E-state index is 0.00885. The largest absolute Gasteiger partial charge is 0.481 e. The maximum Gasteiger partial charge on any atom is 0.306 e. The molecule has 45 heavy (non-hydrogen) atoms. The van der Waals surface area contributed by atoms with Crippen LogP contribution in [-0.4, -0.2) is 23.1 Å². The van der Waals surface area contributed by atoms with E-state index in [4.69, 9.17) is 9.84 Å². The first-order valence-electron chi connectivity index (χ1n) is 20.2. The molecule has 4 heteroatoms. The van der Waals surface area contributed by atoms with Crippen molar-refractivity contribution < 1.29 is 19.4 Å². The van der Waals surface area contributed by atoms with Crippen molar-refractivity contribution in [2.75, 3.05) is 0 Å². The maximum atomic E-state index is 12.6. The molecule has 0 aliphatic heterocycles. The highest BCUT2D eigenvalue weighted by atomic mass is 16.5. The summed E-state index contributed by atoms with van der Waals surface area (Å²) in [5.41, 5.74) is 0. The fourth-order valence-corrected chi connectivity index (χ4v) is 6.24. The monoisotopic (exact) mass is 635 g/mol. The predicted octanol–water partition coefficient (Wildman–Crippen LogP) is 13.8. The Morgan fingerprint density at radius 1 is 0.467 bits per heavy atom. The lowest BCUT2D eigenvalue weighted by Crippen LogP contribution is -2.18. The number of carboxylic acid groups (broad SMARTS) is 1. The molecule has 0 spiro atoms. The smallest absolute Gasteiger partial charge is 0.306 e. The Bertz CT molecular complexity index is 643. The van der Waals surface area contributed by atoms with Crippen molar-refractivity contribution in [3.63, 3.8) is 0 Å². The van der Waals surface area contributed by atoms with E-state index in [0.29, 0.717) is 6.42 Å². The van der Waals surface area contributed by atoms with E-state index in [2.05, 4.69) is 26.0 Å². The van der Waals surface area contributed by atoms with E-state index < -0.39 is 5.97 Å². The third-order valence-corrected chi connectivity index (χ3v) is 9.24. The maximum absolute atomic E-state index is 12.6. The third-order valence-electron chi connectivity index (χ3n) is 9.24.